The van der Waals surface area contributed by atoms with Crippen LogP contribution in [0.3, 0.4) is 0 Å². The van der Waals surface area contributed by atoms with E-state index in [1.54, 1.807) is 6.20 Å². The molecule has 1 fully saturated rings. The SMILES string of the molecule is CC(C)NC(=O)[C@H](C)[C@H]1CC[C@@H](C[C@@H](C)n2cc(C#Cc3ccccn3)nn2)O1. The van der Waals surface area contributed by atoms with E-state index in [-0.39, 0.29) is 36.1 Å². The van der Waals surface area contributed by atoms with Crippen LogP contribution in [-0.2, 0) is 9.53 Å². The summed E-state index contributed by atoms with van der Waals surface area (Å²) in [6, 6.07) is 5.89. The van der Waals surface area contributed by atoms with Gasteiger partial charge in [-0.25, -0.2) is 9.67 Å². The van der Waals surface area contributed by atoms with Crippen molar-refractivity contribution < 1.29 is 9.53 Å². The van der Waals surface area contributed by atoms with Gasteiger partial charge >= 0.3 is 0 Å². The lowest BCUT2D eigenvalue weighted by molar-refractivity contribution is -0.129. The lowest BCUT2D eigenvalue weighted by Crippen LogP contribution is -2.39. The minimum absolute atomic E-state index is 0.0264. The van der Waals surface area contributed by atoms with Gasteiger partial charge in [-0.15, -0.1) is 5.10 Å². The zero-order valence-corrected chi connectivity index (χ0v) is 17.5. The van der Waals surface area contributed by atoms with Crippen LogP contribution in [0.2, 0.25) is 0 Å². The van der Waals surface area contributed by atoms with Crippen LogP contribution in [0.1, 0.15) is 64.4 Å². The van der Waals surface area contributed by atoms with Crippen LogP contribution < -0.4 is 5.32 Å². The summed E-state index contributed by atoms with van der Waals surface area (Å²) >= 11 is 0. The minimum atomic E-state index is -0.141. The Labute approximate surface area is 172 Å². The number of nitrogens with zero attached hydrogens (tertiary/aromatic N) is 4. The molecule has 0 radical (unpaired) electrons. The smallest absolute Gasteiger partial charge is 0.225 e. The zero-order valence-electron chi connectivity index (χ0n) is 17.5. The maximum atomic E-state index is 12.2. The number of hydrogen-bond acceptors (Lipinski definition) is 5. The number of carbonyl (C=O) groups is 1. The number of hydrogen-bond donors (Lipinski definition) is 1. The van der Waals surface area contributed by atoms with Gasteiger partial charge in [0.1, 0.15) is 5.69 Å². The fraction of sp³-hybridized carbons (Fsp3) is 0.545. The molecule has 154 valence electrons. The summed E-state index contributed by atoms with van der Waals surface area (Å²) in [7, 11) is 0. The second kappa shape index (κ2) is 9.66. The second-order valence-corrected chi connectivity index (χ2v) is 7.96. The fourth-order valence-electron chi connectivity index (χ4n) is 3.46. The molecule has 1 aliphatic heterocycles. The topological polar surface area (TPSA) is 81.9 Å². The molecule has 29 heavy (non-hydrogen) atoms. The van der Waals surface area contributed by atoms with Crippen molar-refractivity contribution in [1.82, 2.24) is 25.3 Å². The van der Waals surface area contributed by atoms with Crippen molar-refractivity contribution in [2.45, 2.75) is 71.2 Å². The third kappa shape index (κ3) is 5.88. The molecule has 0 aliphatic carbocycles. The molecule has 0 unspecified atom stereocenters. The predicted octanol–water partition coefficient (Wildman–Crippen LogP) is 2.73. The third-order valence-corrected chi connectivity index (χ3v) is 5.09. The van der Waals surface area contributed by atoms with Crippen LogP contribution in [0.4, 0.5) is 0 Å². The van der Waals surface area contributed by atoms with Gasteiger partial charge in [-0.2, -0.15) is 0 Å². The molecule has 1 amide bonds. The van der Waals surface area contributed by atoms with Crippen LogP contribution in [0.25, 0.3) is 0 Å². The fourth-order valence-corrected chi connectivity index (χ4v) is 3.46. The van der Waals surface area contributed by atoms with E-state index >= 15 is 0 Å². The number of amides is 1. The third-order valence-electron chi connectivity index (χ3n) is 5.09. The summed E-state index contributed by atoms with van der Waals surface area (Å²) < 4.78 is 8.00. The van der Waals surface area contributed by atoms with Crippen LogP contribution in [-0.4, -0.2) is 44.1 Å². The van der Waals surface area contributed by atoms with Gasteiger partial charge in [0.25, 0.3) is 0 Å². The van der Waals surface area contributed by atoms with Crippen LogP contribution in [0.5, 0.6) is 0 Å². The first kappa shape index (κ1) is 21.0. The molecule has 1 aliphatic rings. The summed E-state index contributed by atoms with van der Waals surface area (Å²) in [6.45, 7) is 7.98. The van der Waals surface area contributed by atoms with Gasteiger partial charge in [0, 0.05) is 12.2 Å². The molecule has 2 aromatic rings. The quantitative estimate of drug-likeness (QED) is 0.761. The highest BCUT2D eigenvalue weighted by Gasteiger charge is 2.34. The summed E-state index contributed by atoms with van der Waals surface area (Å²) in [4.78, 5) is 16.4. The van der Waals surface area contributed by atoms with Gasteiger partial charge in [-0.05, 0) is 64.0 Å². The van der Waals surface area contributed by atoms with E-state index in [1.165, 1.54) is 0 Å². The summed E-state index contributed by atoms with van der Waals surface area (Å²) in [6.07, 6.45) is 6.35. The number of nitrogens with one attached hydrogen (secondary N) is 1. The van der Waals surface area contributed by atoms with Gasteiger partial charge < -0.3 is 10.1 Å². The average Bonchev–Trinajstić information content (AvgIpc) is 3.35. The highest BCUT2D eigenvalue weighted by molar-refractivity contribution is 5.79. The highest BCUT2D eigenvalue weighted by atomic mass is 16.5. The van der Waals surface area contributed by atoms with Crippen molar-refractivity contribution in [3.63, 3.8) is 0 Å². The van der Waals surface area contributed by atoms with Crippen molar-refractivity contribution in [3.05, 3.63) is 42.0 Å². The van der Waals surface area contributed by atoms with Crippen molar-refractivity contribution in [1.29, 1.82) is 0 Å². The Morgan fingerprint density at radius 2 is 2.03 bits per heavy atom. The molecule has 7 heteroatoms. The standard InChI is InChI=1S/C22H29N5O2/c1-15(2)24-22(28)17(4)21-11-10-20(29-21)13-16(3)27-14-19(25-26-27)9-8-18-7-5-6-12-23-18/h5-7,12,14-17,20-21H,10-11,13H2,1-4H3,(H,24,28)/t16-,17-,20+,21-/m1/s1. The number of pyridine rings is 1. The van der Waals surface area contributed by atoms with E-state index in [0.29, 0.717) is 11.4 Å². The molecule has 3 heterocycles. The first-order valence-corrected chi connectivity index (χ1v) is 10.2. The zero-order chi connectivity index (χ0) is 20.8. The molecule has 1 N–H and O–H groups in total. The second-order valence-electron chi connectivity index (χ2n) is 7.96. The molecule has 3 rings (SSSR count). The van der Waals surface area contributed by atoms with Gasteiger partial charge in [0.05, 0.1) is 30.4 Å². The van der Waals surface area contributed by atoms with E-state index in [4.69, 9.17) is 4.74 Å². The Morgan fingerprint density at radius 3 is 2.76 bits per heavy atom. The summed E-state index contributed by atoms with van der Waals surface area (Å²) in [5, 5.41) is 11.3. The normalized spacial score (nSPS) is 20.7. The molecule has 0 saturated carbocycles. The molecule has 0 aromatic carbocycles. The molecule has 0 bridgehead atoms. The van der Waals surface area contributed by atoms with Crippen molar-refractivity contribution in [2.75, 3.05) is 0 Å². The summed E-state index contributed by atoms with van der Waals surface area (Å²) in [5.41, 5.74) is 1.32. The maximum absolute atomic E-state index is 12.2. The number of aromatic nitrogens is 4. The van der Waals surface area contributed by atoms with Crippen molar-refractivity contribution in [3.8, 4) is 11.8 Å². The van der Waals surface area contributed by atoms with Gasteiger partial charge in [0.2, 0.25) is 5.91 Å². The first-order valence-electron chi connectivity index (χ1n) is 10.2. The Balaban J connectivity index is 1.52. The van der Waals surface area contributed by atoms with E-state index in [0.717, 1.165) is 19.3 Å². The molecule has 1 saturated heterocycles. The van der Waals surface area contributed by atoms with Gasteiger partial charge in [-0.3, -0.25) is 4.79 Å². The summed E-state index contributed by atoms with van der Waals surface area (Å²) in [5.74, 6) is 5.91. The van der Waals surface area contributed by atoms with Crippen molar-refractivity contribution >= 4 is 5.91 Å². The Morgan fingerprint density at radius 1 is 1.24 bits per heavy atom. The van der Waals surface area contributed by atoms with Crippen LogP contribution >= 0.6 is 0 Å². The molecular formula is C22H29N5O2. The molecule has 0 spiro atoms. The molecular weight excluding hydrogens is 366 g/mol. The van der Waals surface area contributed by atoms with Gasteiger partial charge in [0.15, 0.2) is 5.69 Å². The number of ether oxygens (including phenoxy) is 1. The lowest BCUT2D eigenvalue weighted by atomic mass is 10.00. The average molecular weight is 396 g/mol. The van der Waals surface area contributed by atoms with Crippen molar-refractivity contribution in [2.24, 2.45) is 5.92 Å². The Bertz CT molecular complexity index is 868. The van der Waals surface area contributed by atoms with E-state index in [9.17, 15) is 4.79 Å². The van der Waals surface area contributed by atoms with Crippen LogP contribution in [0.15, 0.2) is 30.6 Å². The maximum Gasteiger partial charge on any atom is 0.225 e. The molecule has 4 atom stereocenters. The highest BCUT2D eigenvalue weighted by Crippen LogP contribution is 2.30. The van der Waals surface area contributed by atoms with Gasteiger partial charge in [-0.1, -0.05) is 18.2 Å². The molecule has 2 aromatic heterocycles. The Hall–Kier alpha value is -2.72. The van der Waals surface area contributed by atoms with E-state index < -0.39 is 0 Å². The van der Waals surface area contributed by atoms with E-state index in [2.05, 4.69) is 39.4 Å². The first-order chi connectivity index (χ1) is 13.9. The predicted molar refractivity (Wildman–Crippen MR) is 110 cm³/mol. The number of carbonyl (C=O) groups excluding carboxylic acids is 1. The van der Waals surface area contributed by atoms with Crippen LogP contribution in [0, 0.1) is 17.8 Å². The minimum Gasteiger partial charge on any atom is -0.374 e. The lowest BCUT2D eigenvalue weighted by Gasteiger charge is -2.22. The Kier molecular flexibility index (Phi) is 6.99. The van der Waals surface area contributed by atoms with E-state index in [1.807, 2.05) is 49.8 Å². The largest absolute Gasteiger partial charge is 0.374 e. The monoisotopic (exact) mass is 395 g/mol. The molecule has 7 nitrogen and oxygen atoms in total. The number of rotatable bonds is 6.